The number of hydrogen-bond acceptors (Lipinski definition) is 6. The number of aliphatic hydroxyl groups excluding tert-OH is 1. The maximum atomic E-state index is 12.7. The van der Waals surface area contributed by atoms with Crippen molar-refractivity contribution in [3.8, 4) is 24.0 Å². The molecule has 0 radical (unpaired) electrons. The Morgan fingerprint density at radius 1 is 1.21 bits per heavy atom. The lowest BCUT2D eigenvalue weighted by Gasteiger charge is -2.31. The van der Waals surface area contributed by atoms with Crippen LogP contribution in [0, 0.1) is 34.0 Å². The number of rotatable bonds is 2. The molecule has 2 atom stereocenters. The van der Waals surface area contributed by atoms with Gasteiger partial charge in [-0.15, -0.1) is 0 Å². The van der Waals surface area contributed by atoms with Gasteiger partial charge in [-0.05, 0) is 18.2 Å². The van der Waals surface area contributed by atoms with Crippen molar-refractivity contribution in [1.29, 1.82) is 15.8 Å². The fourth-order valence-electron chi connectivity index (χ4n) is 2.15. The van der Waals surface area contributed by atoms with E-state index in [1.807, 2.05) is 0 Å². The van der Waals surface area contributed by atoms with Crippen LogP contribution in [0.2, 0.25) is 0 Å². The van der Waals surface area contributed by atoms with E-state index in [-0.39, 0.29) is 22.7 Å². The van der Waals surface area contributed by atoms with Gasteiger partial charge in [0.05, 0.1) is 6.10 Å². The number of hydrogen-bond donors (Lipinski definition) is 2. The van der Waals surface area contributed by atoms with Gasteiger partial charge < -0.3 is 15.2 Å². The molecule has 1 heterocycles. The number of alkyl halides is 3. The second-order valence-corrected chi connectivity index (χ2v) is 4.86. The lowest BCUT2D eigenvalue weighted by Crippen LogP contribution is -2.38. The van der Waals surface area contributed by atoms with Gasteiger partial charge in [0.2, 0.25) is 0 Å². The largest absolute Gasteiger partial charge is 0.480 e. The first-order chi connectivity index (χ1) is 11.3. The van der Waals surface area contributed by atoms with Crippen LogP contribution < -0.4 is 10.1 Å². The number of fused-ring (bicyclic) bond motifs is 1. The molecule has 1 aliphatic rings. The molecule has 1 aromatic carbocycles. The predicted octanol–water partition coefficient (Wildman–Crippen LogP) is 2.67. The summed E-state index contributed by atoms with van der Waals surface area (Å²) in [6, 6.07) is 8.58. The monoisotopic (exact) mass is 334 g/mol. The van der Waals surface area contributed by atoms with Gasteiger partial charge in [-0.3, -0.25) is 0 Å². The second-order valence-electron chi connectivity index (χ2n) is 4.86. The van der Waals surface area contributed by atoms with Crippen LogP contribution in [-0.4, -0.2) is 17.4 Å². The standard InChI is InChI=1S/C15H9F3N4O2/c16-15(17,18)14-4-12(23)10-3-9(1-2-13(10)24-14)22-11(7-21)8(5-19)6-20/h1-3,12,14,22-23H,4H2. The SMILES string of the molecule is N#CC(C#N)=C(C#N)Nc1ccc2c(c1)C(O)CC(C(F)(F)F)O2. The molecule has 0 saturated heterocycles. The van der Waals surface area contributed by atoms with Crippen molar-refractivity contribution in [1.82, 2.24) is 0 Å². The van der Waals surface area contributed by atoms with Crippen LogP contribution in [0.25, 0.3) is 0 Å². The summed E-state index contributed by atoms with van der Waals surface area (Å²) >= 11 is 0. The van der Waals surface area contributed by atoms with Crippen LogP contribution in [0.1, 0.15) is 18.1 Å². The van der Waals surface area contributed by atoms with Crippen molar-refractivity contribution in [2.24, 2.45) is 0 Å². The number of nitriles is 3. The third kappa shape index (κ3) is 3.40. The first-order valence-corrected chi connectivity index (χ1v) is 6.57. The maximum absolute atomic E-state index is 12.7. The van der Waals surface area contributed by atoms with Gasteiger partial charge >= 0.3 is 6.18 Å². The highest BCUT2D eigenvalue weighted by Gasteiger charge is 2.45. The van der Waals surface area contributed by atoms with Crippen LogP contribution >= 0.6 is 0 Å². The molecule has 122 valence electrons. The Morgan fingerprint density at radius 2 is 1.88 bits per heavy atom. The van der Waals surface area contributed by atoms with E-state index in [1.54, 1.807) is 18.2 Å². The van der Waals surface area contributed by atoms with Gasteiger partial charge in [0, 0.05) is 17.7 Å². The molecule has 0 fully saturated rings. The van der Waals surface area contributed by atoms with E-state index in [0.29, 0.717) is 0 Å². The summed E-state index contributed by atoms with van der Waals surface area (Å²) in [5.41, 5.74) is -0.404. The van der Waals surface area contributed by atoms with Gasteiger partial charge in [0.15, 0.2) is 11.7 Å². The molecule has 1 aliphatic heterocycles. The molecule has 0 aliphatic carbocycles. The molecule has 0 amide bonds. The fourth-order valence-corrected chi connectivity index (χ4v) is 2.15. The first-order valence-electron chi connectivity index (χ1n) is 6.57. The quantitative estimate of drug-likeness (QED) is 0.804. The molecule has 0 saturated carbocycles. The molecule has 0 spiro atoms. The lowest BCUT2D eigenvalue weighted by molar-refractivity contribution is -0.207. The Kier molecular flexibility index (Phi) is 4.64. The highest BCUT2D eigenvalue weighted by atomic mass is 19.4. The lowest BCUT2D eigenvalue weighted by atomic mass is 9.98. The van der Waals surface area contributed by atoms with Gasteiger partial charge in [-0.1, -0.05) is 0 Å². The Balaban J connectivity index is 2.33. The Labute approximate surface area is 134 Å². The van der Waals surface area contributed by atoms with Crippen molar-refractivity contribution in [2.75, 3.05) is 5.32 Å². The molecule has 2 N–H and O–H groups in total. The zero-order valence-corrected chi connectivity index (χ0v) is 11.9. The number of nitrogens with zero attached hydrogens (tertiary/aromatic N) is 3. The molecule has 0 aromatic heterocycles. The summed E-state index contributed by atoms with van der Waals surface area (Å²) < 4.78 is 43.0. The van der Waals surface area contributed by atoms with E-state index in [0.717, 1.165) is 0 Å². The number of nitrogens with one attached hydrogen (secondary N) is 1. The molecule has 2 unspecified atom stereocenters. The molecular formula is C15H9F3N4O2. The zero-order chi connectivity index (χ0) is 17.9. The molecule has 9 heteroatoms. The van der Waals surface area contributed by atoms with Crippen molar-refractivity contribution in [3.63, 3.8) is 0 Å². The minimum Gasteiger partial charge on any atom is -0.480 e. The molecule has 2 rings (SSSR count). The minimum atomic E-state index is -4.60. The number of benzene rings is 1. The molecule has 0 bridgehead atoms. The predicted molar refractivity (Wildman–Crippen MR) is 74.0 cm³/mol. The summed E-state index contributed by atoms with van der Waals surface area (Å²) in [6.45, 7) is 0. The number of aliphatic hydroxyl groups is 1. The Bertz CT molecular complexity index is 796. The third-order valence-corrected chi connectivity index (χ3v) is 3.30. The van der Waals surface area contributed by atoms with Crippen molar-refractivity contribution >= 4 is 5.69 Å². The summed E-state index contributed by atoms with van der Waals surface area (Å²) in [6.07, 6.45) is -8.75. The fraction of sp³-hybridized carbons (Fsp3) is 0.267. The van der Waals surface area contributed by atoms with E-state index in [1.165, 1.54) is 18.2 Å². The normalized spacial score (nSPS) is 18.9. The van der Waals surface area contributed by atoms with E-state index in [9.17, 15) is 18.3 Å². The Hall–Kier alpha value is -3.22. The highest BCUT2D eigenvalue weighted by molar-refractivity contribution is 5.61. The van der Waals surface area contributed by atoms with Crippen LogP contribution in [0.3, 0.4) is 0 Å². The molecular weight excluding hydrogens is 325 g/mol. The van der Waals surface area contributed by atoms with Crippen LogP contribution in [0.5, 0.6) is 5.75 Å². The smallest absolute Gasteiger partial charge is 0.425 e. The number of anilines is 1. The average molecular weight is 334 g/mol. The van der Waals surface area contributed by atoms with Gasteiger partial charge in [-0.25, -0.2) is 0 Å². The number of allylic oxidation sites excluding steroid dienone is 2. The van der Waals surface area contributed by atoms with Crippen molar-refractivity contribution < 1.29 is 23.0 Å². The molecule has 1 aromatic rings. The van der Waals surface area contributed by atoms with Gasteiger partial charge in [0.1, 0.15) is 29.7 Å². The molecule has 24 heavy (non-hydrogen) atoms. The summed E-state index contributed by atoms with van der Waals surface area (Å²) in [7, 11) is 0. The van der Waals surface area contributed by atoms with Gasteiger partial charge in [-0.2, -0.15) is 29.0 Å². The van der Waals surface area contributed by atoms with Crippen LogP contribution in [0.15, 0.2) is 29.5 Å². The second kappa shape index (κ2) is 6.49. The van der Waals surface area contributed by atoms with E-state index in [4.69, 9.17) is 20.5 Å². The maximum Gasteiger partial charge on any atom is 0.425 e. The van der Waals surface area contributed by atoms with Crippen LogP contribution in [-0.2, 0) is 0 Å². The zero-order valence-electron chi connectivity index (χ0n) is 11.9. The molecule has 6 nitrogen and oxygen atoms in total. The average Bonchev–Trinajstić information content (AvgIpc) is 2.54. The third-order valence-electron chi connectivity index (χ3n) is 3.30. The minimum absolute atomic E-state index is 0.119. The summed E-state index contributed by atoms with van der Waals surface area (Å²) in [5.74, 6) is -0.120. The summed E-state index contributed by atoms with van der Waals surface area (Å²) in [4.78, 5) is 0. The van der Waals surface area contributed by atoms with E-state index < -0.39 is 30.4 Å². The number of halogens is 3. The van der Waals surface area contributed by atoms with Gasteiger partial charge in [0.25, 0.3) is 0 Å². The topological polar surface area (TPSA) is 113 Å². The van der Waals surface area contributed by atoms with E-state index >= 15 is 0 Å². The highest BCUT2D eigenvalue weighted by Crippen LogP contribution is 2.41. The van der Waals surface area contributed by atoms with Crippen molar-refractivity contribution in [2.45, 2.75) is 24.8 Å². The van der Waals surface area contributed by atoms with Crippen LogP contribution in [0.4, 0.5) is 18.9 Å². The van der Waals surface area contributed by atoms with E-state index in [2.05, 4.69) is 5.32 Å². The first kappa shape index (κ1) is 17.1. The summed E-state index contributed by atoms with van der Waals surface area (Å²) in [5, 5.41) is 38.9. The van der Waals surface area contributed by atoms with Crippen molar-refractivity contribution in [3.05, 3.63) is 35.0 Å². The number of ether oxygens (including phenoxy) is 1. The Morgan fingerprint density at radius 3 is 2.42 bits per heavy atom.